The molecule has 0 aliphatic carbocycles. The molecule has 3 heterocycles. The van der Waals surface area contributed by atoms with Gasteiger partial charge in [-0.15, -0.1) is 11.3 Å². The van der Waals surface area contributed by atoms with Gasteiger partial charge in [0.05, 0.1) is 15.9 Å². The first-order chi connectivity index (χ1) is 15.2. The van der Waals surface area contributed by atoms with E-state index in [1.807, 2.05) is 12.3 Å². The van der Waals surface area contributed by atoms with Gasteiger partial charge in [0.25, 0.3) is 0 Å². The van der Waals surface area contributed by atoms with Crippen LogP contribution in [-0.4, -0.2) is 23.1 Å². The van der Waals surface area contributed by atoms with Gasteiger partial charge < -0.3 is 21.4 Å². The number of aryl methyl sites for hydroxylation is 1. The second-order valence-corrected chi connectivity index (χ2v) is 8.78. The minimum Gasteiger partial charge on any atom is -0.359 e. The van der Waals surface area contributed by atoms with E-state index in [1.165, 1.54) is 27.1 Å². The number of hydrogen-bond acceptors (Lipinski definition) is 5. The Morgan fingerprint density at radius 3 is 2.74 bits per heavy atom. The van der Waals surface area contributed by atoms with E-state index in [0.717, 1.165) is 40.2 Å². The fraction of sp³-hybridized carbons (Fsp3) is 0.160. The number of hydrogen-bond donors (Lipinski definition) is 4. The van der Waals surface area contributed by atoms with Crippen LogP contribution in [0.15, 0.2) is 66.9 Å². The van der Waals surface area contributed by atoms with Crippen molar-refractivity contribution in [1.82, 2.24) is 15.3 Å². The van der Waals surface area contributed by atoms with Gasteiger partial charge >= 0.3 is 0 Å². The van der Waals surface area contributed by atoms with Crippen LogP contribution in [0.25, 0.3) is 31.6 Å². The third-order valence-electron chi connectivity index (χ3n) is 5.34. The van der Waals surface area contributed by atoms with Crippen molar-refractivity contribution in [2.45, 2.75) is 13.5 Å². The molecule has 0 bridgehead atoms. The third-order valence-corrected chi connectivity index (χ3v) is 6.54. The molecule has 0 aliphatic heterocycles. The Morgan fingerprint density at radius 1 is 1.03 bits per heavy atom. The number of nitrogens with one attached hydrogen (secondary N) is 3. The number of fused-ring (bicyclic) bond motifs is 2. The summed E-state index contributed by atoms with van der Waals surface area (Å²) >= 11 is 1.77. The summed E-state index contributed by atoms with van der Waals surface area (Å²) in [5.74, 6) is 0. The van der Waals surface area contributed by atoms with Gasteiger partial charge in [-0.25, -0.2) is 0 Å². The number of benzene rings is 2. The van der Waals surface area contributed by atoms with Crippen molar-refractivity contribution < 1.29 is 0 Å². The summed E-state index contributed by atoms with van der Waals surface area (Å²) in [6.45, 7) is 4.40. The molecule has 6 heteroatoms. The van der Waals surface area contributed by atoms with Gasteiger partial charge in [-0.1, -0.05) is 24.3 Å². The smallest absolute Gasteiger partial charge is 0.0837 e. The largest absolute Gasteiger partial charge is 0.359 e. The van der Waals surface area contributed by atoms with Gasteiger partial charge in [0.15, 0.2) is 0 Å². The summed E-state index contributed by atoms with van der Waals surface area (Å²) in [7, 11) is 0. The van der Waals surface area contributed by atoms with Crippen molar-refractivity contribution in [2.24, 2.45) is 5.73 Å². The predicted octanol–water partition coefficient (Wildman–Crippen LogP) is 5.54. The van der Waals surface area contributed by atoms with Gasteiger partial charge in [-0.3, -0.25) is 4.98 Å². The van der Waals surface area contributed by atoms with E-state index in [1.54, 1.807) is 11.3 Å². The fourth-order valence-electron chi connectivity index (χ4n) is 3.81. The lowest BCUT2D eigenvalue weighted by atomic mass is 10.1. The molecule has 5 N–H and O–H groups in total. The Kier molecular flexibility index (Phi) is 5.42. The van der Waals surface area contributed by atoms with E-state index < -0.39 is 0 Å². The van der Waals surface area contributed by atoms with Crippen molar-refractivity contribution >= 4 is 43.8 Å². The van der Waals surface area contributed by atoms with Crippen molar-refractivity contribution in [3.63, 3.8) is 0 Å². The van der Waals surface area contributed by atoms with Crippen LogP contribution < -0.4 is 16.4 Å². The summed E-state index contributed by atoms with van der Waals surface area (Å²) < 4.78 is 1.16. The van der Waals surface area contributed by atoms with Gasteiger partial charge in [0.2, 0.25) is 0 Å². The van der Waals surface area contributed by atoms with E-state index in [4.69, 9.17) is 5.73 Å². The molecule has 0 amide bonds. The van der Waals surface area contributed by atoms with Crippen LogP contribution in [-0.2, 0) is 6.54 Å². The molecule has 0 saturated carbocycles. The maximum Gasteiger partial charge on any atom is 0.0837 e. The van der Waals surface area contributed by atoms with Crippen molar-refractivity contribution in [3.8, 4) is 10.4 Å². The highest BCUT2D eigenvalue weighted by Crippen LogP contribution is 2.37. The fourth-order valence-corrected chi connectivity index (χ4v) is 4.90. The predicted molar refractivity (Wildman–Crippen MR) is 132 cm³/mol. The summed E-state index contributed by atoms with van der Waals surface area (Å²) in [5.41, 5.74) is 13.5. The van der Waals surface area contributed by atoms with Crippen molar-refractivity contribution in [2.75, 3.05) is 18.4 Å². The molecule has 2 aromatic carbocycles. The zero-order valence-corrected chi connectivity index (χ0v) is 18.2. The number of thiophene rings is 1. The maximum absolute atomic E-state index is 5.54. The van der Waals surface area contributed by atoms with Gasteiger partial charge in [-0.05, 0) is 54.4 Å². The molecule has 156 valence electrons. The molecule has 0 aliphatic rings. The monoisotopic (exact) mass is 427 g/mol. The lowest BCUT2D eigenvalue weighted by molar-refractivity contribution is 0.695. The number of rotatable bonds is 7. The van der Waals surface area contributed by atoms with Gasteiger partial charge in [0.1, 0.15) is 0 Å². The summed E-state index contributed by atoms with van der Waals surface area (Å²) in [5, 5.41) is 8.13. The summed E-state index contributed by atoms with van der Waals surface area (Å²) in [4.78, 5) is 9.18. The zero-order valence-electron chi connectivity index (χ0n) is 17.4. The highest BCUT2D eigenvalue weighted by atomic mass is 32.1. The van der Waals surface area contributed by atoms with E-state index in [2.05, 4.69) is 82.1 Å². The Bertz CT molecular complexity index is 1330. The average molecular weight is 428 g/mol. The third kappa shape index (κ3) is 4.18. The molecular formula is C25H25N5S. The first kappa shape index (κ1) is 19.8. The number of aromatic amines is 1. The van der Waals surface area contributed by atoms with E-state index >= 15 is 0 Å². The number of nitrogens with zero attached hydrogens (tertiary/aromatic N) is 1. The standard InChI is InChI=1S/C25H25N5S/c1-16-12-19-13-20(6-7-21(19)29-16)30-22-8-10-28-23-14-24(31-25(22)23)18-4-2-17(3-5-18)15-27-11-9-26/h2-8,10,12-14,27,29H,9,11,15,26H2,1H3,(H,28,30). The molecule has 5 nitrogen and oxygen atoms in total. The summed E-state index contributed by atoms with van der Waals surface area (Å²) in [6, 6.07) is 21.5. The lowest BCUT2D eigenvalue weighted by Gasteiger charge is -2.07. The van der Waals surface area contributed by atoms with Crippen LogP contribution in [0, 0.1) is 6.92 Å². The normalized spacial score (nSPS) is 11.4. The van der Waals surface area contributed by atoms with Crippen LogP contribution in [0.2, 0.25) is 0 Å². The topological polar surface area (TPSA) is 78.8 Å². The molecule has 0 radical (unpaired) electrons. The SMILES string of the molecule is Cc1cc2cc(Nc3ccnc4cc(-c5ccc(CNCCN)cc5)sc34)ccc2[nH]1. The van der Waals surface area contributed by atoms with Crippen LogP contribution >= 0.6 is 11.3 Å². The number of nitrogens with two attached hydrogens (primary N) is 1. The number of pyridine rings is 1. The molecule has 5 rings (SSSR count). The first-order valence-electron chi connectivity index (χ1n) is 10.4. The van der Waals surface area contributed by atoms with Crippen LogP contribution in [0.3, 0.4) is 0 Å². The number of anilines is 2. The first-order valence-corrected chi connectivity index (χ1v) is 11.3. The Labute approximate surface area is 185 Å². The molecule has 0 atom stereocenters. The molecule has 0 spiro atoms. The van der Waals surface area contributed by atoms with Crippen LogP contribution in [0.4, 0.5) is 11.4 Å². The Balaban J connectivity index is 1.41. The minimum absolute atomic E-state index is 0.655. The summed E-state index contributed by atoms with van der Waals surface area (Å²) in [6.07, 6.45) is 1.87. The Hall–Kier alpha value is -3.19. The second kappa shape index (κ2) is 8.51. The minimum atomic E-state index is 0.655. The molecular weight excluding hydrogens is 402 g/mol. The van der Waals surface area contributed by atoms with Crippen LogP contribution in [0.1, 0.15) is 11.3 Å². The highest BCUT2D eigenvalue weighted by Gasteiger charge is 2.10. The quantitative estimate of drug-likeness (QED) is 0.257. The van der Waals surface area contributed by atoms with E-state index in [0.29, 0.717) is 6.54 Å². The zero-order chi connectivity index (χ0) is 21.2. The molecule has 0 saturated heterocycles. The second-order valence-electron chi connectivity index (χ2n) is 7.73. The molecule has 0 unspecified atom stereocenters. The highest BCUT2D eigenvalue weighted by molar-refractivity contribution is 7.22. The molecule has 3 aromatic heterocycles. The number of H-pyrrole nitrogens is 1. The molecule has 31 heavy (non-hydrogen) atoms. The van der Waals surface area contributed by atoms with Crippen molar-refractivity contribution in [3.05, 3.63) is 78.1 Å². The van der Waals surface area contributed by atoms with Crippen molar-refractivity contribution in [1.29, 1.82) is 0 Å². The average Bonchev–Trinajstić information content (AvgIpc) is 3.37. The van der Waals surface area contributed by atoms with Gasteiger partial charge in [-0.2, -0.15) is 0 Å². The van der Waals surface area contributed by atoms with E-state index in [-0.39, 0.29) is 0 Å². The Morgan fingerprint density at radius 2 is 1.90 bits per heavy atom. The molecule has 5 aromatic rings. The van der Waals surface area contributed by atoms with E-state index in [9.17, 15) is 0 Å². The van der Waals surface area contributed by atoms with Gasteiger partial charge in [0, 0.05) is 53.0 Å². The lowest BCUT2D eigenvalue weighted by Crippen LogP contribution is -2.21. The number of aromatic nitrogens is 2. The molecule has 0 fully saturated rings. The van der Waals surface area contributed by atoms with Crippen LogP contribution in [0.5, 0.6) is 0 Å². The maximum atomic E-state index is 5.54.